The van der Waals surface area contributed by atoms with E-state index in [4.69, 9.17) is 22.2 Å². The van der Waals surface area contributed by atoms with Gasteiger partial charge in [0.2, 0.25) is 5.95 Å². The maximum atomic E-state index is 13.2. The van der Waals surface area contributed by atoms with Crippen LogP contribution >= 0.6 is 12.2 Å². The highest BCUT2D eigenvalue weighted by Crippen LogP contribution is 2.31. The number of anilines is 3. The first-order valence-corrected chi connectivity index (χ1v) is 12.2. The Kier molecular flexibility index (Phi) is 6.58. The maximum absolute atomic E-state index is 13.2. The van der Waals surface area contributed by atoms with Gasteiger partial charge in [0.05, 0.1) is 0 Å². The number of piperidine rings is 1. The van der Waals surface area contributed by atoms with E-state index in [1.165, 1.54) is 23.3 Å². The van der Waals surface area contributed by atoms with Crippen LogP contribution in [0.5, 0.6) is 0 Å². The second kappa shape index (κ2) is 9.93. The normalized spacial score (nSPS) is 15.8. The van der Waals surface area contributed by atoms with Crippen LogP contribution < -0.4 is 20.4 Å². The summed E-state index contributed by atoms with van der Waals surface area (Å²) in [6.07, 6.45) is 2.32. The molecule has 2 aliphatic heterocycles. The Morgan fingerprint density at radius 3 is 2.24 bits per heavy atom. The summed E-state index contributed by atoms with van der Waals surface area (Å²) >= 11 is 5.51. The molecule has 0 unspecified atom stereocenters. The molecule has 1 saturated heterocycles. The van der Waals surface area contributed by atoms with Crippen molar-refractivity contribution >= 4 is 34.9 Å². The fourth-order valence-corrected chi connectivity index (χ4v) is 4.63. The molecule has 3 aromatic rings. The van der Waals surface area contributed by atoms with Crippen LogP contribution in [0.25, 0.3) is 0 Å². The van der Waals surface area contributed by atoms with Crippen molar-refractivity contribution in [2.24, 2.45) is 5.92 Å². The minimum absolute atomic E-state index is 0.252. The lowest BCUT2D eigenvalue weighted by Crippen LogP contribution is -2.34. The molecule has 5 rings (SSSR count). The van der Waals surface area contributed by atoms with Gasteiger partial charge in [-0.2, -0.15) is 9.97 Å². The molecule has 8 heteroatoms. The number of thiocarbonyl (C=S) groups is 1. The highest BCUT2D eigenvalue weighted by atomic mass is 32.1. The van der Waals surface area contributed by atoms with Crippen LogP contribution in [-0.2, 0) is 19.6 Å². The number of benzene rings is 2. The van der Waals surface area contributed by atoms with E-state index in [1.54, 1.807) is 12.1 Å². The summed E-state index contributed by atoms with van der Waals surface area (Å²) in [6, 6.07) is 17.0. The summed E-state index contributed by atoms with van der Waals surface area (Å²) in [4.78, 5) is 14.2. The van der Waals surface area contributed by atoms with E-state index in [2.05, 4.69) is 57.7 Å². The minimum Gasteiger partial charge on any atom is -0.358 e. The molecule has 6 nitrogen and oxygen atoms in total. The number of hydrogen-bond donors (Lipinski definition) is 2. The minimum atomic E-state index is -0.252. The van der Waals surface area contributed by atoms with Gasteiger partial charge < -0.3 is 20.4 Å². The van der Waals surface area contributed by atoms with Crippen LogP contribution in [0.1, 0.15) is 36.5 Å². The Morgan fingerprint density at radius 1 is 0.971 bits per heavy atom. The molecule has 2 aliphatic rings. The molecule has 2 N–H and O–H groups in total. The van der Waals surface area contributed by atoms with Gasteiger partial charge in [-0.15, -0.1) is 0 Å². The SMILES string of the molecule is CC1CCN(c2cc(N3Cc4ccccc4C3)nc(NC(=S)NCc3ccc(F)cc3)n2)CC1. The molecule has 0 amide bonds. The molecule has 3 heterocycles. The molecule has 1 aromatic heterocycles. The monoisotopic (exact) mass is 476 g/mol. The van der Waals surface area contributed by atoms with Gasteiger partial charge in [0, 0.05) is 38.8 Å². The number of rotatable bonds is 5. The quantitative estimate of drug-likeness (QED) is 0.510. The Hall–Kier alpha value is -3.26. The van der Waals surface area contributed by atoms with Gasteiger partial charge in [-0.05, 0) is 59.8 Å². The molecule has 0 bridgehead atoms. The van der Waals surface area contributed by atoms with E-state index in [1.807, 2.05) is 0 Å². The van der Waals surface area contributed by atoms with Crippen LogP contribution in [0.3, 0.4) is 0 Å². The van der Waals surface area contributed by atoms with Crippen molar-refractivity contribution in [2.45, 2.75) is 39.4 Å². The largest absolute Gasteiger partial charge is 0.358 e. The molecule has 0 atom stereocenters. The third-order valence-corrected chi connectivity index (χ3v) is 6.81. The van der Waals surface area contributed by atoms with Crippen molar-refractivity contribution in [2.75, 3.05) is 28.2 Å². The topological polar surface area (TPSA) is 56.3 Å². The van der Waals surface area contributed by atoms with Crippen molar-refractivity contribution in [3.63, 3.8) is 0 Å². The number of halogens is 1. The molecule has 1 fully saturated rings. The van der Waals surface area contributed by atoms with Crippen LogP contribution in [0, 0.1) is 11.7 Å². The highest BCUT2D eigenvalue weighted by Gasteiger charge is 2.23. The number of hydrogen-bond acceptors (Lipinski definition) is 5. The van der Waals surface area contributed by atoms with Crippen molar-refractivity contribution in [1.29, 1.82) is 0 Å². The van der Waals surface area contributed by atoms with E-state index in [9.17, 15) is 4.39 Å². The van der Waals surface area contributed by atoms with Crippen molar-refractivity contribution < 1.29 is 4.39 Å². The molecular formula is C26H29FN6S. The molecule has 0 saturated carbocycles. The van der Waals surface area contributed by atoms with Crippen molar-refractivity contribution in [3.05, 3.63) is 77.1 Å². The van der Waals surface area contributed by atoms with Gasteiger partial charge in [0.15, 0.2) is 5.11 Å². The average molecular weight is 477 g/mol. The van der Waals surface area contributed by atoms with Crippen LogP contribution in [-0.4, -0.2) is 28.2 Å². The molecule has 2 aromatic carbocycles. The van der Waals surface area contributed by atoms with Crippen LogP contribution in [0.2, 0.25) is 0 Å². The van der Waals surface area contributed by atoms with Gasteiger partial charge in [-0.1, -0.05) is 43.3 Å². The Morgan fingerprint density at radius 2 is 1.59 bits per heavy atom. The van der Waals surface area contributed by atoms with E-state index in [0.29, 0.717) is 17.6 Å². The molecule has 34 heavy (non-hydrogen) atoms. The number of nitrogens with zero attached hydrogens (tertiary/aromatic N) is 4. The molecule has 0 radical (unpaired) electrons. The summed E-state index contributed by atoms with van der Waals surface area (Å²) in [6.45, 7) is 6.44. The summed E-state index contributed by atoms with van der Waals surface area (Å²) in [5.74, 6) is 2.80. The van der Waals surface area contributed by atoms with Gasteiger partial charge in [-0.25, -0.2) is 4.39 Å². The molecule has 176 valence electrons. The summed E-state index contributed by atoms with van der Waals surface area (Å²) in [5, 5.41) is 6.77. The van der Waals surface area contributed by atoms with Crippen LogP contribution in [0.15, 0.2) is 54.6 Å². The Labute approximate surface area is 205 Å². The van der Waals surface area contributed by atoms with Crippen LogP contribution in [0.4, 0.5) is 22.0 Å². The number of aromatic nitrogens is 2. The Balaban J connectivity index is 1.34. The Bertz CT molecular complexity index is 1140. The summed E-state index contributed by atoms with van der Waals surface area (Å²) in [7, 11) is 0. The molecular weight excluding hydrogens is 447 g/mol. The first-order chi connectivity index (χ1) is 16.5. The highest BCUT2D eigenvalue weighted by molar-refractivity contribution is 7.80. The maximum Gasteiger partial charge on any atom is 0.232 e. The van der Waals surface area contributed by atoms with Gasteiger partial charge in [0.1, 0.15) is 17.5 Å². The zero-order valence-electron chi connectivity index (χ0n) is 19.3. The van der Waals surface area contributed by atoms with E-state index in [0.717, 1.165) is 62.1 Å². The van der Waals surface area contributed by atoms with Gasteiger partial charge in [-0.3, -0.25) is 0 Å². The van der Waals surface area contributed by atoms with Gasteiger partial charge in [0.25, 0.3) is 0 Å². The lowest BCUT2D eigenvalue weighted by molar-refractivity contribution is 0.436. The molecule has 0 aliphatic carbocycles. The predicted molar refractivity (Wildman–Crippen MR) is 138 cm³/mol. The molecule has 0 spiro atoms. The van der Waals surface area contributed by atoms with Crippen molar-refractivity contribution in [1.82, 2.24) is 15.3 Å². The third kappa shape index (κ3) is 5.28. The summed E-state index contributed by atoms with van der Waals surface area (Å²) in [5.41, 5.74) is 3.61. The standard InChI is InChI=1S/C26H29FN6S/c1-18-10-12-32(13-11-18)23-14-24(33-16-20-4-2-3-5-21(20)17-33)30-25(29-23)31-26(34)28-15-19-6-8-22(27)9-7-19/h2-9,14,18H,10-13,15-17H2,1H3,(H2,28,29,30,31,34). The summed E-state index contributed by atoms with van der Waals surface area (Å²) < 4.78 is 13.2. The lowest BCUT2D eigenvalue weighted by atomic mass is 9.99. The zero-order valence-corrected chi connectivity index (χ0v) is 20.1. The second-order valence-corrected chi connectivity index (χ2v) is 9.54. The fraction of sp³-hybridized carbons (Fsp3) is 0.346. The fourth-order valence-electron chi connectivity index (χ4n) is 4.47. The van der Waals surface area contributed by atoms with E-state index >= 15 is 0 Å². The number of fused-ring (bicyclic) bond motifs is 1. The first kappa shape index (κ1) is 22.5. The van der Waals surface area contributed by atoms with E-state index in [-0.39, 0.29) is 5.82 Å². The van der Waals surface area contributed by atoms with Gasteiger partial charge >= 0.3 is 0 Å². The predicted octanol–water partition coefficient (Wildman–Crippen LogP) is 4.86. The smallest absolute Gasteiger partial charge is 0.232 e. The average Bonchev–Trinajstić information content (AvgIpc) is 3.28. The number of nitrogens with one attached hydrogen (secondary N) is 2. The second-order valence-electron chi connectivity index (χ2n) is 9.14. The first-order valence-electron chi connectivity index (χ1n) is 11.8. The van der Waals surface area contributed by atoms with E-state index < -0.39 is 0 Å². The lowest BCUT2D eigenvalue weighted by Gasteiger charge is -2.32. The third-order valence-electron chi connectivity index (χ3n) is 6.56. The van der Waals surface area contributed by atoms with Crippen molar-refractivity contribution in [3.8, 4) is 0 Å². The zero-order chi connectivity index (χ0) is 23.5.